The van der Waals surface area contributed by atoms with Crippen molar-refractivity contribution in [3.63, 3.8) is 0 Å². The molecule has 158 valence electrons. The maximum Gasteiger partial charge on any atom is 0.229 e. The van der Waals surface area contributed by atoms with Crippen molar-refractivity contribution in [2.45, 2.75) is 13.0 Å². The highest BCUT2D eigenvalue weighted by Gasteiger charge is 2.16. The number of nitrogens with zero attached hydrogens (tertiary/aromatic N) is 2. The number of amides is 1. The van der Waals surface area contributed by atoms with Gasteiger partial charge in [-0.1, -0.05) is 29.3 Å². The van der Waals surface area contributed by atoms with Gasteiger partial charge < -0.3 is 19.5 Å². The van der Waals surface area contributed by atoms with E-state index in [-0.39, 0.29) is 12.3 Å². The smallest absolute Gasteiger partial charge is 0.229 e. The van der Waals surface area contributed by atoms with Crippen LogP contribution < -0.4 is 19.5 Å². The van der Waals surface area contributed by atoms with Crippen molar-refractivity contribution in [3.8, 4) is 17.2 Å². The number of nitrogens with one attached hydrogen (secondary N) is 1. The van der Waals surface area contributed by atoms with Gasteiger partial charge in [0.15, 0.2) is 11.5 Å². The molecule has 0 spiro atoms. The van der Waals surface area contributed by atoms with E-state index in [0.29, 0.717) is 45.2 Å². The molecule has 1 N–H and O–H groups in total. The normalized spacial score (nSPS) is 10.6. The molecule has 1 aromatic heterocycles. The van der Waals surface area contributed by atoms with Crippen LogP contribution in [0.4, 0.5) is 5.82 Å². The fourth-order valence-corrected chi connectivity index (χ4v) is 3.52. The second kappa shape index (κ2) is 9.73. The number of benzene rings is 2. The van der Waals surface area contributed by atoms with E-state index < -0.39 is 0 Å². The summed E-state index contributed by atoms with van der Waals surface area (Å²) in [4.78, 5) is 12.7. The Hall–Kier alpha value is -2.90. The van der Waals surface area contributed by atoms with Crippen molar-refractivity contribution in [1.82, 2.24) is 9.78 Å². The molecule has 0 aliphatic rings. The molecule has 30 heavy (non-hydrogen) atoms. The molecule has 1 amide bonds. The lowest BCUT2D eigenvalue weighted by Gasteiger charge is -2.14. The van der Waals surface area contributed by atoms with Crippen LogP contribution in [0.15, 0.2) is 42.6 Å². The highest BCUT2D eigenvalue weighted by atomic mass is 35.5. The second-order valence-corrected chi connectivity index (χ2v) is 7.15. The zero-order valence-corrected chi connectivity index (χ0v) is 18.3. The number of carbonyl (C=O) groups is 1. The summed E-state index contributed by atoms with van der Waals surface area (Å²) in [7, 11) is 4.58. The largest absolute Gasteiger partial charge is 0.493 e. The Morgan fingerprint density at radius 2 is 1.67 bits per heavy atom. The molecule has 7 nitrogen and oxygen atoms in total. The molecule has 0 bridgehead atoms. The van der Waals surface area contributed by atoms with Gasteiger partial charge in [-0.15, -0.1) is 0 Å². The molecule has 0 saturated heterocycles. The van der Waals surface area contributed by atoms with Crippen molar-refractivity contribution in [3.05, 3.63) is 63.8 Å². The lowest BCUT2D eigenvalue weighted by atomic mass is 10.1. The number of anilines is 1. The number of aromatic nitrogens is 2. The van der Waals surface area contributed by atoms with Crippen molar-refractivity contribution in [2.75, 3.05) is 26.6 Å². The number of methoxy groups -OCH3 is 3. The van der Waals surface area contributed by atoms with E-state index in [0.717, 1.165) is 5.56 Å². The van der Waals surface area contributed by atoms with Crippen LogP contribution in [-0.4, -0.2) is 37.0 Å². The Bertz CT molecular complexity index is 1010. The lowest BCUT2D eigenvalue weighted by Crippen LogP contribution is -2.18. The van der Waals surface area contributed by atoms with Crippen LogP contribution in [-0.2, 0) is 17.8 Å². The molecule has 0 radical (unpaired) electrons. The molecule has 1 heterocycles. The van der Waals surface area contributed by atoms with Crippen LogP contribution >= 0.6 is 23.2 Å². The maximum atomic E-state index is 12.7. The van der Waals surface area contributed by atoms with E-state index in [1.54, 1.807) is 47.3 Å². The third kappa shape index (κ3) is 4.80. The fraction of sp³-hybridized carbons (Fsp3) is 0.238. The molecule has 0 aliphatic carbocycles. The van der Waals surface area contributed by atoms with Gasteiger partial charge >= 0.3 is 0 Å². The van der Waals surface area contributed by atoms with Crippen molar-refractivity contribution in [1.29, 1.82) is 0 Å². The van der Waals surface area contributed by atoms with Crippen LogP contribution in [0.3, 0.4) is 0 Å². The summed E-state index contributed by atoms with van der Waals surface area (Å²) in [5, 5.41) is 8.19. The maximum absolute atomic E-state index is 12.7. The first-order chi connectivity index (χ1) is 14.5. The predicted molar refractivity (Wildman–Crippen MR) is 116 cm³/mol. The standard InChI is InChI=1S/C21H21Cl2N3O4/c1-28-17-9-13(10-18(29-2)21(17)30-3)11-20(27)25-19-7-8-24-26(19)12-14-15(22)5-4-6-16(14)23/h4-10H,11-12H2,1-3H3,(H,25,27). The highest BCUT2D eigenvalue weighted by molar-refractivity contribution is 6.36. The number of rotatable bonds is 8. The minimum atomic E-state index is -0.226. The minimum Gasteiger partial charge on any atom is -0.493 e. The Morgan fingerprint density at radius 3 is 2.23 bits per heavy atom. The SMILES string of the molecule is COc1cc(CC(=O)Nc2ccnn2Cc2c(Cl)cccc2Cl)cc(OC)c1OC. The first-order valence-electron chi connectivity index (χ1n) is 9.00. The monoisotopic (exact) mass is 449 g/mol. The highest BCUT2D eigenvalue weighted by Crippen LogP contribution is 2.38. The fourth-order valence-electron chi connectivity index (χ4n) is 3.01. The summed E-state index contributed by atoms with van der Waals surface area (Å²) in [6.07, 6.45) is 1.70. The van der Waals surface area contributed by atoms with E-state index in [4.69, 9.17) is 37.4 Å². The van der Waals surface area contributed by atoms with E-state index >= 15 is 0 Å². The zero-order chi connectivity index (χ0) is 21.7. The van der Waals surface area contributed by atoms with E-state index in [2.05, 4.69) is 10.4 Å². The lowest BCUT2D eigenvalue weighted by molar-refractivity contribution is -0.115. The molecule has 3 aromatic rings. The van der Waals surface area contributed by atoms with E-state index in [9.17, 15) is 4.79 Å². The molecule has 0 atom stereocenters. The summed E-state index contributed by atoms with van der Waals surface area (Å²) >= 11 is 12.5. The molecule has 2 aromatic carbocycles. The average molecular weight is 450 g/mol. The van der Waals surface area contributed by atoms with Gasteiger partial charge in [0.1, 0.15) is 5.82 Å². The number of hydrogen-bond donors (Lipinski definition) is 1. The van der Waals surface area contributed by atoms with Crippen LogP contribution in [0.5, 0.6) is 17.2 Å². The van der Waals surface area contributed by atoms with Gasteiger partial charge in [-0.3, -0.25) is 4.79 Å². The van der Waals surface area contributed by atoms with Crippen LogP contribution in [0.2, 0.25) is 10.0 Å². The third-order valence-electron chi connectivity index (χ3n) is 4.44. The van der Waals surface area contributed by atoms with Gasteiger partial charge in [0, 0.05) is 21.7 Å². The van der Waals surface area contributed by atoms with Crippen LogP contribution in [0, 0.1) is 0 Å². The molecule has 0 saturated carbocycles. The number of carbonyl (C=O) groups excluding carboxylic acids is 1. The molecule has 9 heteroatoms. The summed E-state index contributed by atoms with van der Waals surface area (Å²) < 4.78 is 17.6. The van der Waals surface area contributed by atoms with Gasteiger partial charge in [-0.25, -0.2) is 4.68 Å². The number of halogens is 2. The van der Waals surface area contributed by atoms with Gasteiger partial charge in [0.25, 0.3) is 0 Å². The average Bonchev–Trinajstić information content (AvgIpc) is 3.16. The van der Waals surface area contributed by atoms with Crippen molar-refractivity contribution >= 4 is 34.9 Å². The van der Waals surface area contributed by atoms with E-state index in [1.165, 1.54) is 21.3 Å². The quantitative estimate of drug-likeness (QED) is 0.549. The number of ether oxygens (including phenoxy) is 3. The Labute approximate surface area is 184 Å². The first kappa shape index (κ1) is 21.8. The second-order valence-electron chi connectivity index (χ2n) is 6.33. The molecule has 0 aliphatic heterocycles. The van der Waals surface area contributed by atoms with Crippen LogP contribution in [0.25, 0.3) is 0 Å². The van der Waals surface area contributed by atoms with Gasteiger partial charge in [0.05, 0.1) is 40.5 Å². The Kier molecular flexibility index (Phi) is 7.07. The first-order valence-corrected chi connectivity index (χ1v) is 9.75. The topological polar surface area (TPSA) is 74.6 Å². The summed E-state index contributed by atoms with van der Waals surface area (Å²) in [6.45, 7) is 0.325. The Morgan fingerprint density at radius 1 is 1.03 bits per heavy atom. The molecular weight excluding hydrogens is 429 g/mol. The zero-order valence-electron chi connectivity index (χ0n) is 16.7. The van der Waals surface area contributed by atoms with Crippen molar-refractivity contribution < 1.29 is 19.0 Å². The molecule has 0 fully saturated rings. The van der Waals surface area contributed by atoms with E-state index in [1.807, 2.05) is 0 Å². The molecule has 3 rings (SSSR count). The third-order valence-corrected chi connectivity index (χ3v) is 5.15. The minimum absolute atomic E-state index is 0.106. The van der Waals surface area contributed by atoms with Crippen LogP contribution in [0.1, 0.15) is 11.1 Å². The predicted octanol–water partition coefficient (Wildman–Crippen LogP) is 4.45. The number of hydrogen-bond acceptors (Lipinski definition) is 5. The van der Waals surface area contributed by atoms with Gasteiger partial charge in [-0.2, -0.15) is 5.10 Å². The Balaban J connectivity index is 1.76. The summed E-state index contributed by atoms with van der Waals surface area (Å²) in [5.74, 6) is 1.75. The molecule has 0 unspecified atom stereocenters. The summed E-state index contributed by atoms with van der Waals surface area (Å²) in [6, 6.07) is 10.5. The summed E-state index contributed by atoms with van der Waals surface area (Å²) in [5.41, 5.74) is 1.44. The van der Waals surface area contributed by atoms with Gasteiger partial charge in [-0.05, 0) is 29.8 Å². The van der Waals surface area contributed by atoms with Gasteiger partial charge in [0.2, 0.25) is 11.7 Å². The molecular formula is C21H21Cl2N3O4. The van der Waals surface area contributed by atoms with Crippen molar-refractivity contribution in [2.24, 2.45) is 0 Å².